The van der Waals surface area contributed by atoms with Crippen molar-refractivity contribution in [2.75, 3.05) is 0 Å². The van der Waals surface area contributed by atoms with Crippen LogP contribution in [0.15, 0.2) is 0 Å². The molecule has 0 heterocycles. The molecule has 2 aliphatic rings. The van der Waals surface area contributed by atoms with Gasteiger partial charge in [-0.2, -0.15) is 0 Å². The summed E-state index contributed by atoms with van der Waals surface area (Å²) in [4.78, 5) is 0. The molecule has 0 aromatic rings. The van der Waals surface area contributed by atoms with E-state index >= 15 is 0 Å². The van der Waals surface area contributed by atoms with Crippen molar-refractivity contribution < 1.29 is 0 Å². The highest BCUT2D eigenvalue weighted by Crippen LogP contribution is 2.44. The second kappa shape index (κ2) is 14.9. The summed E-state index contributed by atoms with van der Waals surface area (Å²) in [5, 5.41) is 0. The summed E-state index contributed by atoms with van der Waals surface area (Å²) in [6, 6.07) is 0. The molecule has 0 amide bonds. The topological polar surface area (TPSA) is 0 Å². The van der Waals surface area contributed by atoms with Crippen molar-refractivity contribution in [3.63, 3.8) is 0 Å². The minimum absolute atomic E-state index is 1.04. The van der Waals surface area contributed by atoms with Crippen molar-refractivity contribution in [2.45, 2.75) is 149 Å². The fraction of sp³-hybridized carbons (Fsp3) is 1.00. The van der Waals surface area contributed by atoms with E-state index in [0.29, 0.717) is 0 Å². The number of unbranched alkanes of at least 4 members (excludes halogenated alkanes) is 7. The van der Waals surface area contributed by atoms with Crippen LogP contribution in [0.2, 0.25) is 0 Å². The minimum atomic E-state index is 1.04. The van der Waals surface area contributed by atoms with Crippen molar-refractivity contribution in [3.05, 3.63) is 0 Å². The van der Waals surface area contributed by atoms with Gasteiger partial charge in [0.1, 0.15) is 0 Å². The predicted octanol–water partition coefficient (Wildman–Crippen LogP) is 9.96. The Morgan fingerprint density at radius 3 is 1.68 bits per heavy atom. The Kier molecular flexibility index (Phi) is 12.9. The van der Waals surface area contributed by atoms with Crippen LogP contribution in [0.1, 0.15) is 149 Å². The number of hydrogen-bond donors (Lipinski definition) is 0. The summed E-state index contributed by atoms with van der Waals surface area (Å²) in [5.41, 5.74) is 0. The van der Waals surface area contributed by atoms with E-state index in [1.54, 1.807) is 57.8 Å². The van der Waals surface area contributed by atoms with Crippen molar-refractivity contribution in [1.29, 1.82) is 0 Å². The summed E-state index contributed by atoms with van der Waals surface area (Å²) in [5.74, 6) is 5.40. The smallest absolute Gasteiger partial charge is 0.0386 e. The van der Waals surface area contributed by atoms with E-state index in [2.05, 4.69) is 20.8 Å². The molecule has 0 heteroatoms. The molecule has 0 saturated heterocycles. The zero-order valence-corrected chi connectivity index (χ0v) is 20.0. The largest absolute Gasteiger partial charge is 0.0654 e. The fourth-order valence-corrected chi connectivity index (χ4v) is 6.68. The van der Waals surface area contributed by atoms with Gasteiger partial charge in [0.05, 0.1) is 0 Å². The van der Waals surface area contributed by atoms with Crippen LogP contribution in [0.25, 0.3) is 0 Å². The molecule has 0 aromatic carbocycles. The van der Waals surface area contributed by atoms with Crippen molar-refractivity contribution in [3.8, 4) is 0 Å². The minimum Gasteiger partial charge on any atom is -0.0654 e. The first kappa shape index (κ1) is 24.3. The fourth-order valence-electron chi connectivity index (χ4n) is 6.68. The maximum Gasteiger partial charge on any atom is -0.0386 e. The third-order valence-corrected chi connectivity index (χ3v) is 8.71. The normalized spacial score (nSPS) is 29.7. The van der Waals surface area contributed by atoms with E-state index in [9.17, 15) is 0 Å². The van der Waals surface area contributed by atoms with E-state index in [4.69, 9.17) is 0 Å². The van der Waals surface area contributed by atoms with Crippen LogP contribution in [-0.4, -0.2) is 0 Å². The van der Waals surface area contributed by atoms with Crippen LogP contribution in [0.3, 0.4) is 0 Å². The van der Waals surface area contributed by atoms with Crippen molar-refractivity contribution in [2.24, 2.45) is 29.6 Å². The molecule has 0 aromatic heterocycles. The van der Waals surface area contributed by atoms with Gasteiger partial charge in [0.15, 0.2) is 0 Å². The summed E-state index contributed by atoms with van der Waals surface area (Å²) in [6.07, 6.45) is 30.2. The zero-order chi connectivity index (χ0) is 20.0. The number of rotatable bonds is 14. The third kappa shape index (κ3) is 8.79. The highest BCUT2D eigenvalue weighted by Gasteiger charge is 2.32. The van der Waals surface area contributed by atoms with E-state index in [1.807, 2.05) is 0 Å². The van der Waals surface area contributed by atoms with Gasteiger partial charge >= 0.3 is 0 Å². The molecular weight excluding hydrogens is 336 g/mol. The van der Waals surface area contributed by atoms with Gasteiger partial charge in [-0.25, -0.2) is 0 Å². The monoisotopic (exact) mass is 390 g/mol. The molecule has 0 nitrogen and oxygen atoms in total. The van der Waals surface area contributed by atoms with Crippen LogP contribution in [0.5, 0.6) is 0 Å². The molecule has 28 heavy (non-hydrogen) atoms. The standard InChI is InChI=1S/C28H54/c1-4-7-9-11-12-14-24-16-18-27(19-17-24)28-22-20-26(21-23-28)25(6-3)15-13-10-8-5-2/h24-28H,4-23H2,1-3H3/t24?,25-,26?,27?,28?/m1/s1. The average molecular weight is 391 g/mol. The van der Waals surface area contributed by atoms with Crippen LogP contribution in [-0.2, 0) is 0 Å². The molecule has 2 fully saturated rings. The molecule has 2 rings (SSSR count). The summed E-state index contributed by atoms with van der Waals surface area (Å²) in [7, 11) is 0. The van der Waals surface area contributed by atoms with Gasteiger partial charge in [-0.1, -0.05) is 111 Å². The summed E-state index contributed by atoms with van der Waals surface area (Å²) >= 11 is 0. The molecule has 166 valence electrons. The Bertz CT molecular complexity index is 343. The Hall–Kier alpha value is 0. The SMILES string of the molecule is CCCCCCCC1CCC(C2CCC([C@H](CC)CCCCCC)CC2)CC1. The van der Waals surface area contributed by atoms with Crippen molar-refractivity contribution in [1.82, 2.24) is 0 Å². The van der Waals surface area contributed by atoms with Gasteiger partial charge in [0, 0.05) is 0 Å². The maximum atomic E-state index is 2.46. The van der Waals surface area contributed by atoms with Gasteiger partial charge in [-0.3, -0.25) is 0 Å². The molecular formula is C28H54. The van der Waals surface area contributed by atoms with Gasteiger partial charge < -0.3 is 0 Å². The second-order valence-corrected chi connectivity index (χ2v) is 10.7. The maximum absolute atomic E-state index is 2.46. The van der Waals surface area contributed by atoms with Gasteiger partial charge in [0.25, 0.3) is 0 Å². The highest BCUT2D eigenvalue weighted by molar-refractivity contribution is 4.84. The Morgan fingerprint density at radius 1 is 0.571 bits per heavy atom. The van der Waals surface area contributed by atoms with Crippen LogP contribution in [0.4, 0.5) is 0 Å². The molecule has 0 spiro atoms. The van der Waals surface area contributed by atoms with E-state index in [-0.39, 0.29) is 0 Å². The highest BCUT2D eigenvalue weighted by atomic mass is 14.4. The lowest BCUT2D eigenvalue weighted by Gasteiger charge is -2.40. The summed E-state index contributed by atoms with van der Waals surface area (Å²) in [6.45, 7) is 7.12. The van der Waals surface area contributed by atoms with E-state index < -0.39 is 0 Å². The second-order valence-electron chi connectivity index (χ2n) is 10.7. The average Bonchev–Trinajstić information content (AvgIpc) is 2.74. The third-order valence-electron chi connectivity index (χ3n) is 8.71. The molecule has 0 bridgehead atoms. The Morgan fingerprint density at radius 2 is 1.11 bits per heavy atom. The Labute approximate surface area is 179 Å². The quantitative estimate of drug-likeness (QED) is 0.259. The zero-order valence-electron chi connectivity index (χ0n) is 20.0. The molecule has 1 atom stereocenters. The molecule has 0 radical (unpaired) electrons. The first-order valence-electron chi connectivity index (χ1n) is 13.8. The van der Waals surface area contributed by atoms with Crippen LogP contribution < -0.4 is 0 Å². The predicted molar refractivity (Wildman–Crippen MR) is 127 cm³/mol. The first-order chi connectivity index (χ1) is 13.8. The first-order valence-corrected chi connectivity index (χ1v) is 13.8. The van der Waals surface area contributed by atoms with Crippen molar-refractivity contribution >= 4 is 0 Å². The lowest BCUT2D eigenvalue weighted by Crippen LogP contribution is -2.28. The van der Waals surface area contributed by atoms with Crippen LogP contribution in [0, 0.1) is 29.6 Å². The van der Waals surface area contributed by atoms with Gasteiger partial charge in [0.2, 0.25) is 0 Å². The molecule has 0 unspecified atom stereocenters. The summed E-state index contributed by atoms with van der Waals surface area (Å²) < 4.78 is 0. The van der Waals surface area contributed by atoms with Crippen LogP contribution >= 0.6 is 0 Å². The van der Waals surface area contributed by atoms with Gasteiger partial charge in [-0.15, -0.1) is 0 Å². The molecule has 2 saturated carbocycles. The molecule has 0 aliphatic heterocycles. The van der Waals surface area contributed by atoms with Gasteiger partial charge in [-0.05, 0) is 68.1 Å². The molecule has 2 aliphatic carbocycles. The molecule has 0 N–H and O–H groups in total. The Balaban J connectivity index is 1.59. The van der Waals surface area contributed by atoms with E-state index in [0.717, 1.165) is 29.6 Å². The lowest BCUT2D eigenvalue weighted by molar-refractivity contribution is 0.118. The lowest BCUT2D eigenvalue weighted by atomic mass is 9.66. The number of hydrogen-bond acceptors (Lipinski definition) is 0. The van der Waals surface area contributed by atoms with E-state index in [1.165, 1.54) is 70.6 Å².